The summed E-state index contributed by atoms with van der Waals surface area (Å²) >= 11 is 0. The molecule has 0 saturated heterocycles. The summed E-state index contributed by atoms with van der Waals surface area (Å²) in [7, 11) is 0. The molecule has 0 unspecified atom stereocenters. The van der Waals surface area contributed by atoms with Gasteiger partial charge in [-0.25, -0.2) is 0 Å². The van der Waals surface area contributed by atoms with Gasteiger partial charge in [0.05, 0.1) is 55.2 Å². The fourth-order valence-electron chi connectivity index (χ4n) is 14.4. The number of fused-ring (bicyclic) bond motifs is 15. The molecule has 0 bridgehead atoms. The molecule has 19 aromatic rings. The van der Waals surface area contributed by atoms with Crippen LogP contribution in [0.1, 0.15) is 0 Å². The topological polar surface area (TPSA) is 63.3 Å². The van der Waals surface area contributed by atoms with Gasteiger partial charge in [-0.1, -0.05) is 170 Å². The summed E-state index contributed by atoms with van der Waals surface area (Å²) in [6.07, 6.45) is 0. The molecule has 8 nitrogen and oxygen atoms in total. The molecule has 0 saturated carbocycles. The minimum atomic E-state index is 0.546. The Bertz CT molecular complexity index is 5650. The van der Waals surface area contributed by atoms with Gasteiger partial charge in [-0.15, -0.1) is 0 Å². The molecule has 6 heterocycles. The van der Waals surface area contributed by atoms with Crippen molar-refractivity contribution in [2.45, 2.75) is 0 Å². The molecule has 414 valence electrons. The van der Waals surface area contributed by atoms with Crippen LogP contribution in [0.4, 0.5) is 0 Å². The number of aromatic nitrogens is 8. The maximum absolute atomic E-state index is 5.41. The average Bonchev–Trinajstić information content (AvgIpc) is 2.48. The third-order valence-corrected chi connectivity index (χ3v) is 18.4. The first-order valence-electron chi connectivity index (χ1n) is 30.3. The number of hydrogen-bond donors (Lipinski definition) is 0. The normalized spacial score (nSPS) is 12.0. The third-order valence-electron chi connectivity index (χ3n) is 18.4. The number of rotatable bonds is 8. The molecule has 0 aliphatic heterocycles. The van der Waals surface area contributed by atoms with E-state index in [-0.39, 0.29) is 0 Å². The van der Waals surface area contributed by atoms with Crippen molar-refractivity contribution in [2.75, 3.05) is 0 Å². The second-order valence-corrected chi connectivity index (χ2v) is 23.2. The lowest BCUT2D eigenvalue weighted by Crippen LogP contribution is -2.10. The van der Waals surface area contributed by atoms with Crippen LogP contribution < -0.4 is 0 Å². The molecule has 0 N–H and O–H groups in total. The van der Waals surface area contributed by atoms with E-state index in [2.05, 4.69) is 326 Å². The monoisotopic (exact) mass is 1130 g/mol. The van der Waals surface area contributed by atoms with Gasteiger partial charge >= 0.3 is 0 Å². The van der Waals surface area contributed by atoms with E-state index in [1.54, 1.807) is 0 Å². The smallest absolute Gasteiger partial charge is 0.240 e. The SMILES string of the molecule is c1ccc(-n2c3ccccc3c3cc(-c4ccc5c(c4)c4cc(-c6ccc7c(c6)c6ccccc6n7-c6ccccc6)ccc4n5-c4ccc(-c5nc(-n6c7ccccc7c7ccccc76)nc(-n6c7ccccc7c7ccccc76)n5)cc4)ccc32)cc1. The zero-order valence-corrected chi connectivity index (χ0v) is 47.9. The van der Waals surface area contributed by atoms with E-state index >= 15 is 0 Å². The van der Waals surface area contributed by atoms with E-state index in [1.807, 2.05) is 0 Å². The van der Waals surface area contributed by atoms with Crippen LogP contribution in [0, 0.1) is 0 Å². The Hall–Kier alpha value is -12.1. The fourth-order valence-corrected chi connectivity index (χ4v) is 14.4. The highest BCUT2D eigenvalue weighted by Crippen LogP contribution is 2.42. The molecule has 6 aromatic heterocycles. The molecular formula is C81H50N8. The first-order valence-corrected chi connectivity index (χ1v) is 30.3. The van der Waals surface area contributed by atoms with Crippen molar-refractivity contribution in [1.82, 2.24) is 37.8 Å². The Balaban J connectivity index is 0.794. The molecule has 8 heteroatoms. The lowest BCUT2D eigenvalue weighted by atomic mass is 9.98. The van der Waals surface area contributed by atoms with E-state index in [4.69, 9.17) is 15.0 Å². The third kappa shape index (κ3) is 7.44. The maximum atomic E-state index is 5.41. The summed E-state index contributed by atoms with van der Waals surface area (Å²) < 4.78 is 11.5. The van der Waals surface area contributed by atoms with Gasteiger partial charge in [0.1, 0.15) is 0 Å². The predicted molar refractivity (Wildman–Crippen MR) is 368 cm³/mol. The number of benzene rings is 13. The van der Waals surface area contributed by atoms with Crippen LogP contribution >= 0.6 is 0 Å². The standard InChI is InChI=1S/C81H50N8/c1-3-19-56(20-4-1)85-69-29-13-11-27-63(69)65-47-52(37-43-75(65)85)54-39-45-77-67(49-54)68-50-55(53-38-44-76-66(48-53)64-28-12-14-30-70(64)86(76)57-21-5-2-6-22-57)40-46-78(68)87(77)58-41-35-51(36-42-58)79-82-80(88-71-31-15-7-23-59(71)60-24-8-16-32-72(60)88)84-81(83-79)89-73-33-17-9-25-61(73)62-26-10-18-34-74(62)89/h1-50H. The lowest BCUT2D eigenvalue weighted by molar-refractivity contribution is 0.893. The van der Waals surface area contributed by atoms with E-state index in [0.717, 1.165) is 99.5 Å². The van der Waals surface area contributed by atoms with Crippen molar-refractivity contribution in [3.05, 3.63) is 303 Å². The zero-order valence-electron chi connectivity index (χ0n) is 47.9. The van der Waals surface area contributed by atoms with Gasteiger partial charge in [0.25, 0.3) is 0 Å². The van der Waals surface area contributed by atoms with E-state index in [9.17, 15) is 0 Å². The molecule has 0 aliphatic carbocycles. The first kappa shape index (κ1) is 49.2. The van der Waals surface area contributed by atoms with Crippen molar-refractivity contribution >= 4 is 109 Å². The molecule has 0 spiro atoms. The van der Waals surface area contributed by atoms with Gasteiger partial charge in [0, 0.05) is 76.5 Å². The minimum Gasteiger partial charge on any atom is -0.309 e. The van der Waals surface area contributed by atoms with Crippen LogP contribution in [0.25, 0.3) is 172 Å². The molecule has 19 rings (SSSR count). The van der Waals surface area contributed by atoms with Gasteiger partial charge in [-0.3, -0.25) is 9.13 Å². The summed E-state index contributed by atoms with van der Waals surface area (Å²) in [5, 5.41) is 11.8. The molecular weight excluding hydrogens is 1080 g/mol. The van der Waals surface area contributed by atoms with Crippen molar-refractivity contribution in [2.24, 2.45) is 0 Å². The number of nitrogens with zero attached hydrogens (tertiary/aromatic N) is 8. The Morgan fingerprint density at radius 3 is 0.730 bits per heavy atom. The number of para-hydroxylation sites is 8. The largest absolute Gasteiger partial charge is 0.309 e. The van der Waals surface area contributed by atoms with E-state index < -0.39 is 0 Å². The van der Waals surface area contributed by atoms with Crippen molar-refractivity contribution in [1.29, 1.82) is 0 Å². The van der Waals surface area contributed by atoms with Crippen molar-refractivity contribution < 1.29 is 0 Å². The fraction of sp³-hybridized carbons (Fsp3) is 0. The zero-order chi connectivity index (χ0) is 58.3. The average molecular weight is 1140 g/mol. The van der Waals surface area contributed by atoms with Gasteiger partial charge < -0.3 is 13.7 Å². The van der Waals surface area contributed by atoms with E-state index in [0.29, 0.717) is 17.7 Å². The van der Waals surface area contributed by atoms with Crippen molar-refractivity contribution in [3.63, 3.8) is 0 Å². The predicted octanol–water partition coefficient (Wildman–Crippen LogP) is 20.4. The quantitative estimate of drug-likeness (QED) is 0.152. The summed E-state index contributed by atoms with van der Waals surface area (Å²) in [6, 6.07) is 110. The Kier molecular flexibility index (Phi) is 10.6. The molecule has 13 aromatic carbocycles. The van der Waals surface area contributed by atoms with Crippen LogP contribution in [-0.2, 0) is 0 Å². The van der Waals surface area contributed by atoms with Gasteiger partial charge in [0.15, 0.2) is 5.82 Å². The molecule has 0 amide bonds. The Morgan fingerprint density at radius 2 is 0.404 bits per heavy atom. The highest BCUT2D eigenvalue weighted by Gasteiger charge is 2.23. The van der Waals surface area contributed by atoms with Gasteiger partial charge in [-0.05, 0) is 156 Å². The second-order valence-electron chi connectivity index (χ2n) is 23.2. The van der Waals surface area contributed by atoms with Crippen LogP contribution in [0.15, 0.2) is 303 Å². The highest BCUT2D eigenvalue weighted by molar-refractivity contribution is 6.15. The molecule has 89 heavy (non-hydrogen) atoms. The summed E-state index contributed by atoms with van der Waals surface area (Å²) in [6.45, 7) is 0. The molecule has 0 radical (unpaired) electrons. The van der Waals surface area contributed by atoms with Crippen LogP contribution in [0.3, 0.4) is 0 Å². The Labute approximate surface area is 509 Å². The summed E-state index contributed by atoms with van der Waals surface area (Å²) in [5.41, 5.74) is 19.9. The molecule has 0 aliphatic rings. The maximum Gasteiger partial charge on any atom is 0.240 e. The van der Waals surface area contributed by atoms with Gasteiger partial charge in [-0.2, -0.15) is 15.0 Å². The van der Waals surface area contributed by atoms with E-state index in [1.165, 1.54) is 54.4 Å². The van der Waals surface area contributed by atoms with Crippen LogP contribution in [0.2, 0.25) is 0 Å². The van der Waals surface area contributed by atoms with Crippen LogP contribution in [0.5, 0.6) is 0 Å². The first-order chi connectivity index (χ1) is 44.1. The van der Waals surface area contributed by atoms with Crippen molar-refractivity contribution in [3.8, 4) is 62.6 Å². The molecule has 0 fully saturated rings. The second kappa shape index (κ2) is 19.2. The highest BCUT2D eigenvalue weighted by atomic mass is 15.3. The summed E-state index contributed by atoms with van der Waals surface area (Å²) in [5.74, 6) is 1.67. The molecule has 0 atom stereocenters. The minimum absolute atomic E-state index is 0.546. The van der Waals surface area contributed by atoms with Crippen LogP contribution in [-0.4, -0.2) is 37.8 Å². The number of hydrogen-bond acceptors (Lipinski definition) is 3. The van der Waals surface area contributed by atoms with Gasteiger partial charge in [0.2, 0.25) is 11.9 Å². The lowest BCUT2D eigenvalue weighted by Gasteiger charge is -2.13. The Morgan fingerprint density at radius 1 is 0.169 bits per heavy atom. The summed E-state index contributed by atoms with van der Waals surface area (Å²) in [4.78, 5) is 16.2.